The van der Waals surface area contributed by atoms with E-state index in [0.29, 0.717) is 0 Å². The lowest BCUT2D eigenvalue weighted by Crippen LogP contribution is -2.10. The zero-order valence-corrected chi connectivity index (χ0v) is 10.5. The van der Waals surface area contributed by atoms with Gasteiger partial charge in [0.05, 0.1) is 5.52 Å². The average molecular weight is 234 g/mol. The summed E-state index contributed by atoms with van der Waals surface area (Å²) in [6.45, 7) is 3.99. The van der Waals surface area contributed by atoms with Gasteiger partial charge in [0.1, 0.15) is 5.82 Å². The molecule has 2 aromatic rings. The third-order valence-electron chi connectivity index (χ3n) is 3.15. The molecule has 0 radical (unpaired) electrons. The molecule has 0 aliphatic rings. The van der Waals surface area contributed by atoms with Crippen LogP contribution < -0.4 is 5.32 Å². The van der Waals surface area contributed by atoms with Crippen LogP contribution in [0.2, 0.25) is 0 Å². The third-order valence-corrected chi connectivity index (χ3v) is 3.15. The maximum atomic E-state index is 13.7. The topological polar surface area (TPSA) is 17.0 Å². The molecular formula is C14H19FN2. The summed E-state index contributed by atoms with van der Waals surface area (Å²) in [5.41, 5.74) is 2.23. The first kappa shape index (κ1) is 12.1. The number of rotatable bonds is 5. The lowest BCUT2D eigenvalue weighted by molar-refractivity contribution is 0.639. The van der Waals surface area contributed by atoms with E-state index in [-0.39, 0.29) is 5.82 Å². The highest BCUT2D eigenvalue weighted by Crippen LogP contribution is 2.23. The molecule has 0 spiro atoms. The van der Waals surface area contributed by atoms with Crippen molar-refractivity contribution in [2.45, 2.75) is 26.3 Å². The Balaban J connectivity index is 2.38. The van der Waals surface area contributed by atoms with Crippen LogP contribution in [0, 0.1) is 5.82 Å². The van der Waals surface area contributed by atoms with E-state index in [1.165, 1.54) is 11.8 Å². The van der Waals surface area contributed by atoms with E-state index in [9.17, 15) is 4.39 Å². The van der Waals surface area contributed by atoms with Gasteiger partial charge in [0.25, 0.3) is 0 Å². The summed E-state index contributed by atoms with van der Waals surface area (Å²) in [7, 11) is 1.95. The number of hydrogen-bond donors (Lipinski definition) is 1. The molecule has 2 nitrogen and oxygen atoms in total. The monoisotopic (exact) mass is 234 g/mol. The molecule has 0 saturated carbocycles. The molecule has 1 aromatic heterocycles. The lowest BCUT2D eigenvalue weighted by Gasteiger charge is -2.07. The molecule has 2 rings (SSSR count). The standard InChI is InChI=1S/C14H19FN2/c1-3-17-11(6-5-9-16-2)10-12-13(15)7-4-8-14(12)17/h4,7-8,10,16H,3,5-6,9H2,1-2H3. The number of nitrogens with one attached hydrogen (secondary N) is 1. The minimum Gasteiger partial charge on any atom is -0.345 e. The summed E-state index contributed by atoms with van der Waals surface area (Å²) in [5, 5.41) is 3.88. The molecule has 1 heterocycles. The quantitative estimate of drug-likeness (QED) is 0.787. The third kappa shape index (κ3) is 2.34. The Morgan fingerprint density at radius 2 is 2.18 bits per heavy atom. The Hall–Kier alpha value is -1.35. The van der Waals surface area contributed by atoms with Gasteiger partial charge in [0.15, 0.2) is 0 Å². The average Bonchev–Trinajstić information content (AvgIpc) is 2.69. The second-order valence-corrected chi connectivity index (χ2v) is 4.26. The summed E-state index contributed by atoms with van der Waals surface area (Å²) < 4.78 is 15.9. The Morgan fingerprint density at radius 1 is 1.35 bits per heavy atom. The van der Waals surface area contributed by atoms with E-state index in [1.54, 1.807) is 6.07 Å². The summed E-state index contributed by atoms with van der Waals surface area (Å²) in [6.07, 6.45) is 2.07. The van der Waals surface area contributed by atoms with Crippen LogP contribution in [0.3, 0.4) is 0 Å². The van der Waals surface area contributed by atoms with Gasteiger partial charge in [-0.1, -0.05) is 6.07 Å². The fourth-order valence-corrected chi connectivity index (χ4v) is 2.33. The Bertz CT molecular complexity index is 502. The van der Waals surface area contributed by atoms with Gasteiger partial charge in [-0.05, 0) is 51.6 Å². The van der Waals surface area contributed by atoms with Gasteiger partial charge in [-0.2, -0.15) is 0 Å². The molecule has 0 atom stereocenters. The van der Waals surface area contributed by atoms with Crippen LogP contribution in [-0.2, 0) is 13.0 Å². The van der Waals surface area contributed by atoms with Crippen LogP contribution in [0.1, 0.15) is 19.0 Å². The highest BCUT2D eigenvalue weighted by atomic mass is 19.1. The fourth-order valence-electron chi connectivity index (χ4n) is 2.33. The summed E-state index contributed by atoms with van der Waals surface area (Å²) >= 11 is 0. The number of nitrogens with zero attached hydrogens (tertiary/aromatic N) is 1. The minimum absolute atomic E-state index is 0.121. The molecule has 1 N–H and O–H groups in total. The van der Waals surface area contributed by atoms with E-state index < -0.39 is 0 Å². The summed E-state index contributed by atoms with van der Waals surface area (Å²) in [6, 6.07) is 7.29. The van der Waals surface area contributed by atoms with Gasteiger partial charge >= 0.3 is 0 Å². The number of aromatic nitrogens is 1. The van der Waals surface area contributed by atoms with Crippen molar-refractivity contribution in [3.8, 4) is 0 Å². The number of aryl methyl sites for hydroxylation is 2. The van der Waals surface area contributed by atoms with Crippen molar-refractivity contribution in [2.24, 2.45) is 0 Å². The number of benzene rings is 1. The van der Waals surface area contributed by atoms with Crippen LogP contribution in [-0.4, -0.2) is 18.2 Å². The zero-order chi connectivity index (χ0) is 12.3. The molecular weight excluding hydrogens is 215 g/mol. The minimum atomic E-state index is -0.121. The van der Waals surface area contributed by atoms with Crippen LogP contribution in [0.4, 0.5) is 4.39 Å². The van der Waals surface area contributed by atoms with E-state index in [2.05, 4.69) is 16.8 Å². The first-order valence-corrected chi connectivity index (χ1v) is 6.19. The normalized spacial score (nSPS) is 11.2. The van der Waals surface area contributed by atoms with Gasteiger partial charge in [0.2, 0.25) is 0 Å². The van der Waals surface area contributed by atoms with Crippen molar-refractivity contribution in [1.82, 2.24) is 9.88 Å². The molecule has 0 aliphatic heterocycles. The summed E-state index contributed by atoms with van der Waals surface area (Å²) in [4.78, 5) is 0. The van der Waals surface area contributed by atoms with Crippen molar-refractivity contribution in [3.05, 3.63) is 35.8 Å². The highest BCUT2D eigenvalue weighted by Gasteiger charge is 2.09. The van der Waals surface area contributed by atoms with Gasteiger partial charge in [0, 0.05) is 17.6 Å². The molecule has 0 unspecified atom stereocenters. The summed E-state index contributed by atoms with van der Waals surface area (Å²) in [5.74, 6) is -0.121. The van der Waals surface area contributed by atoms with Gasteiger partial charge in [-0.3, -0.25) is 0 Å². The SMILES string of the molecule is CCn1c(CCCNC)cc2c(F)cccc21. The fraction of sp³-hybridized carbons (Fsp3) is 0.429. The predicted molar refractivity (Wildman–Crippen MR) is 69.8 cm³/mol. The Kier molecular flexibility index (Phi) is 3.79. The molecule has 0 saturated heterocycles. The van der Waals surface area contributed by atoms with Crippen LogP contribution in [0.5, 0.6) is 0 Å². The molecule has 17 heavy (non-hydrogen) atoms. The molecule has 0 bridgehead atoms. The molecule has 92 valence electrons. The Morgan fingerprint density at radius 3 is 2.88 bits per heavy atom. The van der Waals surface area contributed by atoms with Crippen LogP contribution in [0.15, 0.2) is 24.3 Å². The number of halogens is 1. The van der Waals surface area contributed by atoms with E-state index in [1.807, 2.05) is 19.2 Å². The zero-order valence-electron chi connectivity index (χ0n) is 10.5. The second kappa shape index (κ2) is 5.32. The van der Waals surface area contributed by atoms with Crippen LogP contribution in [0.25, 0.3) is 10.9 Å². The molecule has 0 amide bonds. The van der Waals surface area contributed by atoms with Crippen molar-refractivity contribution in [3.63, 3.8) is 0 Å². The second-order valence-electron chi connectivity index (χ2n) is 4.26. The number of hydrogen-bond acceptors (Lipinski definition) is 1. The molecule has 0 fully saturated rings. The molecule has 0 aliphatic carbocycles. The first-order valence-electron chi connectivity index (χ1n) is 6.19. The lowest BCUT2D eigenvalue weighted by atomic mass is 10.2. The van der Waals surface area contributed by atoms with Crippen molar-refractivity contribution >= 4 is 10.9 Å². The van der Waals surface area contributed by atoms with Crippen molar-refractivity contribution < 1.29 is 4.39 Å². The van der Waals surface area contributed by atoms with Crippen molar-refractivity contribution in [1.29, 1.82) is 0 Å². The maximum Gasteiger partial charge on any atom is 0.132 e. The smallest absolute Gasteiger partial charge is 0.132 e. The van der Waals surface area contributed by atoms with Gasteiger partial charge < -0.3 is 9.88 Å². The maximum absolute atomic E-state index is 13.7. The largest absolute Gasteiger partial charge is 0.345 e. The Labute approximate surface area is 101 Å². The number of fused-ring (bicyclic) bond motifs is 1. The van der Waals surface area contributed by atoms with Crippen LogP contribution >= 0.6 is 0 Å². The van der Waals surface area contributed by atoms with Gasteiger partial charge in [-0.25, -0.2) is 4.39 Å². The van der Waals surface area contributed by atoms with Crippen molar-refractivity contribution in [2.75, 3.05) is 13.6 Å². The van der Waals surface area contributed by atoms with E-state index >= 15 is 0 Å². The first-order chi connectivity index (χ1) is 8.27. The molecule has 1 aromatic carbocycles. The van der Waals surface area contributed by atoms with E-state index in [4.69, 9.17) is 0 Å². The molecule has 3 heteroatoms. The van der Waals surface area contributed by atoms with E-state index in [0.717, 1.165) is 36.8 Å². The predicted octanol–water partition coefficient (Wildman–Crippen LogP) is 2.95. The highest BCUT2D eigenvalue weighted by molar-refractivity contribution is 5.82. The van der Waals surface area contributed by atoms with Gasteiger partial charge in [-0.15, -0.1) is 0 Å².